The Morgan fingerprint density at radius 2 is 2.07 bits per heavy atom. The molecule has 0 fully saturated rings. The second kappa shape index (κ2) is 3.56. The van der Waals surface area contributed by atoms with Crippen LogP contribution >= 0.6 is 15.9 Å². The first-order valence-electron chi connectivity index (χ1n) is 3.39. The number of nitrogen functional groups attached to an aromatic ring is 1. The van der Waals surface area contributed by atoms with Crippen LogP contribution < -0.4 is 5.73 Å². The maximum atomic E-state index is 12.4. The highest BCUT2D eigenvalue weighted by atomic mass is 79.9. The minimum Gasteiger partial charge on any atom is -0.382 e. The summed E-state index contributed by atoms with van der Waals surface area (Å²) < 4.78 is 37.3. The Kier molecular flexibility index (Phi) is 2.79. The van der Waals surface area contributed by atoms with E-state index in [0.717, 1.165) is 12.3 Å². The molecule has 1 rings (SSSR count). The second-order valence-corrected chi connectivity index (χ2v) is 3.38. The SMILES string of the molecule is N=C(N)c1ncc(Br)cc1C(F)(F)F. The Hall–Kier alpha value is -1.11. The summed E-state index contributed by atoms with van der Waals surface area (Å²) in [6.07, 6.45) is -3.40. The minimum absolute atomic E-state index is 0.190. The Morgan fingerprint density at radius 3 is 2.50 bits per heavy atom. The van der Waals surface area contributed by atoms with Gasteiger partial charge in [-0.1, -0.05) is 0 Å². The monoisotopic (exact) mass is 267 g/mol. The predicted molar refractivity (Wildman–Crippen MR) is 48.0 cm³/mol. The topological polar surface area (TPSA) is 62.8 Å². The normalized spacial score (nSPS) is 11.4. The van der Waals surface area contributed by atoms with Crippen LogP contribution in [-0.2, 0) is 6.18 Å². The lowest BCUT2D eigenvalue weighted by Crippen LogP contribution is -2.20. The number of rotatable bonds is 1. The summed E-state index contributed by atoms with van der Waals surface area (Å²) in [5, 5.41) is 6.93. The number of nitrogens with zero attached hydrogens (tertiary/aromatic N) is 1. The van der Waals surface area contributed by atoms with Crippen LogP contribution in [0.15, 0.2) is 16.7 Å². The van der Waals surface area contributed by atoms with Gasteiger partial charge in [0.05, 0.1) is 5.56 Å². The summed E-state index contributed by atoms with van der Waals surface area (Å²) in [4.78, 5) is 3.43. The molecule has 7 heteroatoms. The summed E-state index contributed by atoms with van der Waals surface area (Å²) in [5.74, 6) is -0.704. The fourth-order valence-electron chi connectivity index (χ4n) is 0.870. The van der Waals surface area contributed by atoms with E-state index in [9.17, 15) is 13.2 Å². The van der Waals surface area contributed by atoms with Crippen molar-refractivity contribution in [2.75, 3.05) is 0 Å². The summed E-state index contributed by atoms with van der Waals surface area (Å²) >= 11 is 2.86. The van der Waals surface area contributed by atoms with Crippen LogP contribution in [-0.4, -0.2) is 10.8 Å². The van der Waals surface area contributed by atoms with Crippen molar-refractivity contribution < 1.29 is 13.2 Å². The van der Waals surface area contributed by atoms with Gasteiger partial charge < -0.3 is 5.73 Å². The highest BCUT2D eigenvalue weighted by Crippen LogP contribution is 2.32. The van der Waals surface area contributed by atoms with E-state index >= 15 is 0 Å². The lowest BCUT2D eigenvalue weighted by molar-refractivity contribution is -0.138. The molecule has 0 aliphatic heterocycles. The molecule has 0 bridgehead atoms. The first-order valence-corrected chi connectivity index (χ1v) is 4.19. The standard InChI is InChI=1S/C7H5BrF3N3/c8-3-1-4(7(9,10)11)5(6(12)13)14-2-3/h1-2H,(H3,12,13). The lowest BCUT2D eigenvalue weighted by Gasteiger charge is -2.10. The summed E-state index contributed by atoms with van der Waals surface area (Å²) in [6.45, 7) is 0. The van der Waals surface area contributed by atoms with Crippen molar-refractivity contribution >= 4 is 21.8 Å². The van der Waals surface area contributed by atoms with Crippen LogP contribution in [0.5, 0.6) is 0 Å². The van der Waals surface area contributed by atoms with Crippen molar-refractivity contribution in [1.29, 1.82) is 5.41 Å². The van der Waals surface area contributed by atoms with Gasteiger partial charge in [0.25, 0.3) is 0 Å². The van der Waals surface area contributed by atoms with Crippen LogP contribution in [0, 0.1) is 5.41 Å². The Bertz CT molecular complexity index is 375. The molecular weight excluding hydrogens is 263 g/mol. The van der Waals surface area contributed by atoms with Gasteiger partial charge in [-0.25, -0.2) is 0 Å². The average molecular weight is 268 g/mol. The molecule has 0 saturated carbocycles. The van der Waals surface area contributed by atoms with Crippen LogP contribution in [0.2, 0.25) is 0 Å². The third-order valence-electron chi connectivity index (χ3n) is 1.41. The van der Waals surface area contributed by atoms with Crippen LogP contribution in [0.3, 0.4) is 0 Å². The molecule has 0 saturated heterocycles. The van der Waals surface area contributed by atoms with Crippen molar-refractivity contribution in [2.24, 2.45) is 5.73 Å². The van der Waals surface area contributed by atoms with E-state index in [4.69, 9.17) is 11.1 Å². The van der Waals surface area contributed by atoms with Gasteiger partial charge in [0, 0.05) is 10.7 Å². The zero-order valence-corrected chi connectivity index (χ0v) is 8.28. The van der Waals surface area contributed by atoms with Gasteiger partial charge in [-0.05, 0) is 22.0 Å². The first-order chi connectivity index (χ1) is 6.32. The van der Waals surface area contributed by atoms with E-state index in [2.05, 4.69) is 20.9 Å². The molecule has 1 aromatic heterocycles. The highest BCUT2D eigenvalue weighted by molar-refractivity contribution is 9.10. The molecular formula is C7H5BrF3N3. The van der Waals surface area contributed by atoms with Crippen molar-refractivity contribution in [1.82, 2.24) is 4.98 Å². The molecule has 3 N–H and O–H groups in total. The number of nitrogens with two attached hydrogens (primary N) is 1. The Balaban J connectivity index is 3.38. The van der Waals surface area contributed by atoms with Gasteiger partial charge in [-0.3, -0.25) is 10.4 Å². The van der Waals surface area contributed by atoms with E-state index in [1.807, 2.05) is 0 Å². The molecule has 0 unspecified atom stereocenters. The van der Waals surface area contributed by atoms with E-state index in [1.165, 1.54) is 0 Å². The van der Waals surface area contributed by atoms with Gasteiger partial charge in [-0.2, -0.15) is 13.2 Å². The second-order valence-electron chi connectivity index (χ2n) is 2.46. The zero-order valence-electron chi connectivity index (χ0n) is 6.69. The van der Waals surface area contributed by atoms with Gasteiger partial charge in [-0.15, -0.1) is 0 Å². The molecule has 1 heterocycles. The number of nitrogens with one attached hydrogen (secondary N) is 1. The molecule has 3 nitrogen and oxygen atoms in total. The maximum Gasteiger partial charge on any atom is 0.418 e. The first kappa shape index (κ1) is 11.0. The Morgan fingerprint density at radius 1 is 1.50 bits per heavy atom. The van der Waals surface area contributed by atoms with E-state index < -0.39 is 23.3 Å². The van der Waals surface area contributed by atoms with E-state index in [0.29, 0.717) is 0 Å². The molecule has 0 aromatic carbocycles. The molecule has 0 radical (unpaired) electrons. The molecule has 0 amide bonds. The number of hydrogen-bond donors (Lipinski definition) is 2. The molecule has 76 valence electrons. The van der Waals surface area contributed by atoms with Crippen molar-refractivity contribution in [3.8, 4) is 0 Å². The summed E-state index contributed by atoms with van der Waals surface area (Å²) in [7, 11) is 0. The molecule has 1 aromatic rings. The van der Waals surface area contributed by atoms with Crippen LogP contribution in [0.4, 0.5) is 13.2 Å². The van der Waals surface area contributed by atoms with Crippen LogP contribution in [0.1, 0.15) is 11.3 Å². The van der Waals surface area contributed by atoms with Crippen molar-refractivity contribution in [3.05, 3.63) is 28.0 Å². The number of aromatic nitrogens is 1. The smallest absolute Gasteiger partial charge is 0.382 e. The van der Waals surface area contributed by atoms with E-state index in [-0.39, 0.29) is 4.47 Å². The molecule has 0 aliphatic carbocycles. The summed E-state index contributed by atoms with van der Waals surface area (Å²) in [5.41, 5.74) is 3.40. The molecule has 0 spiro atoms. The lowest BCUT2D eigenvalue weighted by atomic mass is 10.2. The zero-order chi connectivity index (χ0) is 10.9. The molecule has 0 aliphatic rings. The van der Waals surface area contributed by atoms with Gasteiger partial charge in [0.15, 0.2) is 0 Å². The van der Waals surface area contributed by atoms with Crippen molar-refractivity contribution in [3.63, 3.8) is 0 Å². The summed E-state index contributed by atoms with van der Waals surface area (Å²) in [6, 6.07) is 0.837. The van der Waals surface area contributed by atoms with Gasteiger partial charge in [0.2, 0.25) is 0 Å². The fourth-order valence-corrected chi connectivity index (χ4v) is 1.20. The molecule has 14 heavy (non-hydrogen) atoms. The third-order valence-corrected chi connectivity index (χ3v) is 1.85. The van der Waals surface area contributed by atoms with Gasteiger partial charge in [0.1, 0.15) is 11.5 Å². The van der Waals surface area contributed by atoms with Crippen molar-refractivity contribution in [2.45, 2.75) is 6.18 Å². The quantitative estimate of drug-likeness (QED) is 0.605. The van der Waals surface area contributed by atoms with E-state index in [1.54, 1.807) is 0 Å². The highest BCUT2D eigenvalue weighted by Gasteiger charge is 2.35. The minimum atomic E-state index is -4.56. The fraction of sp³-hybridized carbons (Fsp3) is 0.143. The number of pyridine rings is 1. The maximum absolute atomic E-state index is 12.4. The predicted octanol–water partition coefficient (Wildman–Crippen LogP) is 2.15. The number of alkyl halides is 3. The average Bonchev–Trinajstić information content (AvgIpc) is 2.01. The van der Waals surface area contributed by atoms with Crippen LogP contribution in [0.25, 0.3) is 0 Å². The largest absolute Gasteiger partial charge is 0.418 e. The number of hydrogen-bond acceptors (Lipinski definition) is 2. The number of halogens is 4. The molecule has 0 atom stereocenters. The Labute approximate surface area is 85.8 Å². The number of amidine groups is 1. The third kappa shape index (κ3) is 2.22. The van der Waals surface area contributed by atoms with Gasteiger partial charge >= 0.3 is 6.18 Å².